The Morgan fingerprint density at radius 1 is 0.963 bits per heavy atom. The lowest BCUT2D eigenvalue weighted by Gasteiger charge is -2.28. The second-order valence-corrected chi connectivity index (χ2v) is 7.08. The Morgan fingerprint density at radius 2 is 1.52 bits per heavy atom. The predicted octanol–water partition coefficient (Wildman–Crippen LogP) is 5.16. The van der Waals surface area contributed by atoms with Gasteiger partial charge in [-0.2, -0.15) is 0 Å². The van der Waals surface area contributed by atoms with E-state index in [2.05, 4.69) is 87.7 Å². The van der Waals surface area contributed by atoms with E-state index >= 15 is 0 Å². The Labute approximate surface area is 174 Å². The fourth-order valence-electron chi connectivity index (χ4n) is 3.69. The van der Waals surface area contributed by atoms with E-state index in [0.29, 0.717) is 0 Å². The van der Waals surface area contributed by atoms with Crippen LogP contribution < -0.4 is 4.90 Å². The molecule has 1 heterocycles. The summed E-state index contributed by atoms with van der Waals surface area (Å²) in [4.78, 5) is 8.89. The average molecular weight is 402 g/mol. The summed E-state index contributed by atoms with van der Waals surface area (Å²) in [5.41, 5.74) is 5.65. The van der Waals surface area contributed by atoms with Crippen molar-refractivity contribution in [3.63, 3.8) is 0 Å². The first-order chi connectivity index (χ1) is 12.8. The number of thiocarbonyl (C=S) groups is 1. The fraction of sp³-hybridized carbons (Fsp3) is 0.409. The molecule has 0 spiro atoms. The Balaban J connectivity index is 0.00000261. The molecule has 2 aromatic rings. The molecule has 5 heteroatoms. The lowest BCUT2D eigenvalue weighted by Crippen LogP contribution is -2.26. The van der Waals surface area contributed by atoms with Crippen molar-refractivity contribution in [3.05, 3.63) is 59.7 Å². The SMILES string of the molecule is CN(CCCN=C=S)CCCN1c2ccccc2CCc2ccccc21.Cl. The molecule has 0 saturated carbocycles. The van der Waals surface area contributed by atoms with Crippen molar-refractivity contribution in [3.8, 4) is 0 Å². The number of aliphatic imine (C=N–C) groups is 1. The van der Waals surface area contributed by atoms with E-state index < -0.39 is 0 Å². The third-order valence-electron chi connectivity index (χ3n) is 5.02. The van der Waals surface area contributed by atoms with Crippen molar-refractivity contribution in [1.29, 1.82) is 0 Å². The molecular formula is C22H28ClN3S. The third kappa shape index (κ3) is 5.88. The minimum Gasteiger partial charge on any atom is -0.341 e. The average Bonchev–Trinajstić information content (AvgIpc) is 2.83. The first-order valence-corrected chi connectivity index (χ1v) is 9.86. The lowest BCUT2D eigenvalue weighted by molar-refractivity contribution is 0.329. The smallest absolute Gasteiger partial charge is 0.0584 e. The number of fused-ring (bicyclic) bond motifs is 2. The van der Waals surface area contributed by atoms with E-state index in [-0.39, 0.29) is 12.4 Å². The van der Waals surface area contributed by atoms with Gasteiger partial charge in [-0.1, -0.05) is 36.4 Å². The van der Waals surface area contributed by atoms with E-state index in [0.717, 1.165) is 51.9 Å². The van der Waals surface area contributed by atoms with Gasteiger partial charge in [0.05, 0.1) is 11.7 Å². The van der Waals surface area contributed by atoms with Gasteiger partial charge in [0.25, 0.3) is 0 Å². The van der Waals surface area contributed by atoms with Crippen LogP contribution >= 0.6 is 24.6 Å². The summed E-state index contributed by atoms with van der Waals surface area (Å²) in [7, 11) is 2.19. The molecule has 2 aromatic carbocycles. The fourth-order valence-corrected chi connectivity index (χ4v) is 3.78. The summed E-state index contributed by atoms with van der Waals surface area (Å²) in [6, 6.07) is 17.7. The lowest BCUT2D eigenvalue weighted by atomic mass is 10.0. The third-order valence-corrected chi connectivity index (χ3v) is 5.15. The van der Waals surface area contributed by atoms with E-state index in [4.69, 9.17) is 0 Å². The number of hydrogen-bond donors (Lipinski definition) is 0. The van der Waals surface area contributed by atoms with Crippen molar-refractivity contribution in [2.45, 2.75) is 25.7 Å². The number of nitrogens with zero attached hydrogens (tertiary/aromatic N) is 3. The van der Waals surface area contributed by atoms with Gasteiger partial charge < -0.3 is 9.80 Å². The van der Waals surface area contributed by atoms with Gasteiger partial charge in [0.15, 0.2) is 0 Å². The molecule has 3 rings (SSSR count). The summed E-state index contributed by atoms with van der Waals surface area (Å²) in [6.45, 7) is 3.95. The number of halogens is 1. The van der Waals surface area contributed by atoms with Crippen LogP contribution in [0.25, 0.3) is 0 Å². The molecule has 144 valence electrons. The van der Waals surface area contributed by atoms with Crippen molar-refractivity contribution in [2.75, 3.05) is 38.1 Å². The minimum absolute atomic E-state index is 0. The largest absolute Gasteiger partial charge is 0.341 e. The van der Waals surface area contributed by atoms with Gasteiger partial charge >= 0.3 is 0 Å². The molecule has 0 radical (unpaired) electrons. The molecule has 3 nitrogen and oxygen atoms in total. The predicted molar refractivity (Wildman–Crippen MR) is 121 cm³/mol. The number of para-hydroxylation sites is 2. The van der Waals surface area contributed by atoms with Crippen molar-refractivity contribution in [2.24, 2.45) is 4.99 Å². The van der Waals surface area contributed by atoms with Crippen molar-refractivity contribution in [1.82, 2.24) is 4.90 Å². The van der Waals surface area contributed by atoms with Crippen LogP contribution in [-0.4, -0.2) is 43.3 Å². The summed E-state index contributed by atoms with van der Waals surface area (Å²) in [5.74, 6) is 0. The summed E-state index contributed by atoms with van der Waals surface area (Å²) in [6.07, 6.45) is 4.40. The number of anilines is 2. The molecule has 0 fully saturated rings. The van der Waals surface area contributed by atoms with Crippen molar-refractivity contribution < 1.29 is 0 Å². The molecule has 0 aliphatic carbocycles. The van der Waals surface area contributed by atoms with Crippen LogP contribution in [-0.2, 0) is 12.8 Å². The quantitative estimate of drug-likeness (QED) is 0.346. The first kappa shape index (κ1) is 21.6. The highest BCUT2D eigenvalue weighted by atomic mass is 35.5. The summed E-state index contributed by atoms with van der Waals surface area (Å²) in [5, 5.41) is 2.44. The van der Waals surface area contributed by atoms with Gasteiger partial charge in [-0.15, -0.1) is 12.4 Å². The first-order valence-electron chi connectivity index (χ1n) is 9.45. The maximum atomic E-state index is 4.61. The Bertz CT molecular complexity index is 726. The molecule has 1 aliphatic rings. The molecule has 0 bridgehead atoms. The highest BCUT2D eigenvalue weighted by Gasteiger charge is 2.19. The van der Waals surface area contributed by atoms with Gasteiger partial charge in [-0.25, -0.2) is 4.99 Å². The van der Waals surface area contributed by atoms with Crippen LogP contribution in [0.15, 0.2) is 53.5 Å². The highest BCUT2D eigenvalue weighted by molar-refractivity contribution is 7.78. The monoisotopic (exact) mass is 401 g/mol. The van der Waals surface area contributed by atoms with Gasteiger partial charge in [0.1, 0.15) is 0 Å². The number of rotatable bonds is 8. The number of aryl methyl sites for hydroxylation is 2. The molecule has 0 saturated heterocycles. The molecule has 27 heavy (non-hydrogen) atoms. The van der Waals surface area contributed by atoms with Gasteiger partial charge in [0, 0.05) is 17.9 Å². The van der Waals surface area contributed by atoms with E-state index in [1.165, 1.54) is 22.5 Å². The minimum atomic E-state index is 0. The van der Waals surface area contributed by atoms with Crippen LogP contribution in [0.2, 0.25) is 0 Å². The van der Waals surface area contributed by atoms with Gasteiger partial charge in [-0.05, 0) is 81.3 Å². The summed E-state index contributed by atoms with van der Waals surface area (Å²) >= 11 is 4.61. The zero-order valence-electron chi connectivity index (χ0n) is 15.9. The van der Waals surface area contributed by atoms with Crippen LogP contribution in [0.3, 0.4) is 0 Å². The summed E-state index contributed by atoms with van der Waals surface area (Å²) < 4.78 is 0. The zero-order chi connectivity index (χ0) is 18.2. The Kier molecular flexibility index (Phi) is 8.96. The van der Waals surface area contributed by atoms with E-state index in [1.807, 2.05) is 0 Å². The Morgan fingerprint density at radius 3 is 2.11 bits per heavy atom. The molecule has 0 aromatic heterocycles. The highest BCUT2D eigenvalue weighted by Crippen LogP contribution is 2.35. The normalized spacial score (nSPS) is 12.4. The molecule has 1 aliphatic heterocycles. The van der Waals surface area contributed by atoms with Crippen LogP contribution in [0.1, 0.15) is 24.0 Å². The van der Waals surface area contributed by atoms with E-state index in [1.54, 1.807) is 0 Å². The van der Waals surface area contributed by atoms with Crippen molar-refractivity contribution >= 4 is 41.2 Å². The molecule has 0 unspecified atom stereocenters. The molecule has 0 amide bonds. The number of isothiocyanates is 1. The van der Waals surface area contributed by atoms with Crippen LogP contribution in [0.5, 0.6) is 0 Å². The molecule has 0 atom stereocenters. The maximum absolute atomic E-state index is 4.61. The number of hydrogen-bond acceptors (Lipinski definition) is 4. The number of benzene rings is 2. The topological polar surface area (TPSA) is 18.8 Å². The van der Waals surface area contributed by atoms with Crippen LogP contribution in [0, 0.1) is 0 Å². The standard InChI is InChI=1S/C22H27N3S.ClH/c1-24(15-6-14-23-18-26)16-7-17-25-21-10-4-2-8-19(21)12-13-20-9-3-5-11-22(20)25;/h2-5,8-11H,6-7,12-17H2,1H3;1H. The van der Waals surface area contributed by atoms with Gasteiger partial charge in [0.2, 0.25) is 0 Å². The molecular weight excluding hydrogens is 374 g/mol. The molecule has 0 N–H and O–H groups in total. The maximum Gasteiger partial charge on any atom is 0.0584 e. The van der Waals surface area contributed by atoms with Crippen LogP contribution in [0.4, 0.5) is 11.4 Å². The van der Waals surface area contributed by atoms with Gasteiger partial charge in [-0.3, -0.25) is 0 Å². The second-order valence-electron chi connectivity index (χ2n) is 6.89. The zero-order valence-corrected chi connectivity index (χ0v) is 17.6. The Hall–Kier alpha value is -1.71. The van der Waals surface area contributed by atoms with E-state index in [9.17, 15) is 0 Å². The second kappa shape index (κ2) is 11.2.